The molecule has 1 heterocycles. The van der Waals surface area contributed by atoms with Crippen molar-refractivity contribution in [1.82, 2.24) is 10.3 Å². The van der Waals surface area contributed by atoms with Crippen molar-refractivity contribution >= 4 is 22.5 Å². The number of fused-ring (bicyclic) bond motifs is 1. The van der Waals surface area contributed by atoms with E-state index in [0.717, 1.165) is 28.5 Å². The van der Waals surface area contributed by atoms with Crippen LogP contribution in [0, 0.1) is 0 Å². The third-order valence-corrected chi connectivity index (χ3v) is 5.37. The largest absolute Gasteiger partial charge is 0.360 e. The van der Waals surface area contributed by atoms with Crippen LogP contribution in [0.1, 0.15) is 44.8 Å². The fourth-order valence-corrected chi connectivity index (χ4v) is 3.71. The summed E-state index contributed by atoms with van der Waals surface area (Å²) in [5.74, 6) is 0.110. The highest BCUT2D eigenvalue weighted by Crippen LogP contribution is 2.24. The zero-order chi connectivity index (χ0) is 20.9. The zero-order valence-corrected chi connectivity index (χ0v) is 16.9. The fourth-order valence-electron chi connectivity index (χ4n) is 3.71. The molecule has 4 nitrogen and oxygen atoms in total. The molecule has 0 amide bonds. The van der Waals surface area contributed by atoms with E-state index in [9.17, 15) is 9.59 Å². The molecule has 0 radical (unpaired) electrons. The predicted molar refractivity (Wildman–Crippen MR) is 120 cm³/mol. The molecule has 30 heavy (non-hydrogen) atoms. The van der Waals surface area contributed by atoms with E-state index in [2.05, 4.69) is 10.3 Å². The van der Waals surface area contributed by atoms with Crippen LogP contribution in [0.15, 0.2) is 85.1 Å². The van der Waals surface area contributed by atoms with E-state index in [1.165, 1.54) is 0 Å². The van der Waals surface area contributed by atoms with Crippen molar-refractivity contribution in [2.24, 2.45) is 0 Å². The molecule has 150 valence electrons. The molecule has 0 unspecified atom stereocenters. The highest BCUT2D eigenvalue weighted by atomic mass is 16.1. The number of carbonyl (C=O) groups is 2. The third-order valence-electron chi connectivity index (χ3n) is 5.37. The number of ketones is 2. The second-order valence-corrected chi connectivity index (χ2v) is 7.41. The molecular weight excluding hydrogens is 372 g/mol. The first kappa shape index (κ1) is 19.8. The van der Waals surface area contributed by atoms with Crippen molar-refractivity contribution in [3.8, 4) is 0 Å². The Hall–Kier alpha value is -3.50. The molecule has 1 atom stereocenters. The lowest BCUT2D eigenvalue weighted by Crippen LogP contribution is -2.30. The van der Waals surface area contributed by atoms with Crippen molar-refractivity contribution in [1.29, 1.82) is 0 Å². The first-order valence-electron chi connectivity index (χ1n) is 10.1. The molecule has 0 spiro atoms. The number of nitrogens with one attached hydrogen (secondary N) is 2. The highest BCUT2D eigenvalue weighted by molar-refractivity contribution is 6.10. The smallest absolute Gasteiger partial charge is 0.186 e. The summed E-state index contributed by atoms with van der Waals surface area (Å²) in [7, 11) is 0. The van der Waals surface area contributed by atoms with E-state index in [4.69, 9.17) is 0 Å². The summed E-state index contributed by atoms with van der Waals surface area (Å²) < 4.78 is 0. The quantitative estimate of drug-likeness (QED) is 0.406. The van der Waals surface area contributed by atoms with Crippen molar-refractivity contribution < 1.29 is 9.59 Å². The second kappa shape index (κ2) is 8.89. The van der Waals surface area contributed by atoms with Gasteiger partial charge in [-0.3, -0.25) is 9.59 Å². The molecule has 0 fully saturated rings. The molecule has 0 aliphatic carbocycles. The van der Waals surface area contributed by atoms with E-state index < -0.39 is 6.04 Å². The van der Waals surface area contributed by atoms with Crippen molar-refractivity contribution in [2.45, 2.75) is 19.4 Å². The van der Waals surface area contributed by atoms with Gasteiger partial charge in [-0.25, -0.2) is 0 Å². The summed E-state index contributed by atoms with van der Waals surface area (Å²) in [5, 5.41) is 4.38. The molecule has 4 rings (SSSR count). The summed E-state index contributed by atoms with van der Waals surface area (Å²) in [6.07, 6.45) is 2.56. The van der Waals surface area contributed by atoms with Crippen molar-refractivity contribution in [3.05, 3.63) is 107 Å². The van der Waals surface area contributed by atoms with Gasteiger partial charge in [0.25, 0.3) is 0 Å². The summed E-state index contributed by atoms with van der Waals surface area (Å²) in [5.41, 5.74) is 4.43. The van der Waals surface area contributed by atoms with Crippen molar-refractivity contribution in [2.75, 3.05) is 6.54 Å². The van der Waals surface area contributed by atoms with Crippen LogP contribution in [0.4, 0.5) is 0 Å². The molecule has 4 aromatic rings. The maximum Gasteiger partial charge on any atom is 0.186 e. The molecule has 0 bridgehead atoms. The van der Waals surface area contributed by atoms with Gasteiger partial charge < -0.3 is 10.3 Å². The normalized spacial score (nSPS) is 12.0. The van der Waals surface area contributed by atoms with Gasteiger partial charge in [0.05, 0.1) is 6.04 Å². The van der Waals surface area contributed by atoms with Gasteiger partial charge in [0.1, 0.15) is 0 Å². The average molecular weight is 396 g/mol. The number of benzene rings is 3. The van der Waals surface area contributed by atoms with Crippen molar-refractivity contribution in [3.63, 3.8) is 0 Å². The topological polar surface area (TPSA) is 62.0 Å². The summed E-state index contributed by atoms with van der Waals surface area (Å²) in [6, 6.07) is 24.9. The summed E-state index contributed by atoms with van der Waals surface area (Å²) in [6.45, 7) is 2.21. The number of rotatable bonds is 8. The molecule has 0 aliphatic rings. The van der Waals surface area contributed by atoms with Crippen LogP contribution in [0.2, 0.25) is 0 Å². The Morgan fingerprint density at radius 3 is 2.33 bits per heavy atom. The van der Waals surface area contributed by atoms with Gasteiger partial charge in [-0.15, -0.1) is 0 Å². The Labute approximate surface area is 175 Å². The maximum absolute atomic E-state index is 13.5. The van der Waals surface area contributed by atoms with Crippen LogP contribution >= 0.6 is 0 Å². The lowest BCUT2D eigenvalue weighted by Gasteiger charge is -2.18. The molecule has 3 aromatic carbocycles. The Morgan fingerprint density at radius 2 is 1.60 bits per heavy atom. The summed E-state index contributed by atoms with van der Waals surface area (Å²) in [4.78, 5) is 28.1. The SMILES string of the molecule is CC(=O)c1ccc(CCN[C@H](C(=O)c2c[nH]c3ccccc23)c2ccccc2)cc1. The maximum atomic E-state index is 13.5. The standard InChI is InChI=1S/C26H24N2O2/c1-18(29)20-13-11-19(12-14-20)15-16-27-25(21-7-3-2-4-8-21)26(30)23-17-28-24-10-6-5-9-22(23)24/h2-14,17,25,27-28H,15-16H2,1H3/t25-/m0/s1. The molecule has 0 aliphatic heterocycles. The molecular formula is C26H24N2O2. The molecule has 0 saturated carbocycles. The number of aromatic amines is 1. The van der Waals surface area contributed by atoms with E-state index >= 15 is 0 Å². The lowest BCUT2D eigenvalue weighted by atomic mass is 9.96. The van der Waals surface area contributed by atoms with Gasteiger partial charge in [0.2, 0.25) is 0 Å². The lowest BCUT2D eigenvalue weighted by molar-refractivity contribution is 0.0944. The van der Waals surface area contributed by atoms with Gasteiger partial charge in [0.15, 0.2) is 11.6 Å². The molecule has 1 aromatic heterocycles. The Balaban J connectivity index is 1.53. The first-order valence-corrected chi connectivity index (χ1v) is 10.1. The monoisotopic (exact) mass is 396 g/mol. The van der Waals surface area contributed by atoms with Crippen LogP contribution in [0.5, 0.6) is 0 Å². The number of aromatic nitrogens is 1. The Bertz CT molecular complexity index is 1160. The van der Waals surface area contributed by atoms with Crippen LogP contribution < -0.4 is 5.32 Å². The molecule has 2 N–H and O–H groups in total. The number of carbonyl (C=O) groups excluding carboxylic acids is 2. The Morgan fingerprint density at radius 1 is 0.900 bits per heavy atom. The number of para-hydroxylation sites is 1. The molecule has 0 saturated heterocycles. The van der Waals surface area contributed by atoms with Crippen LogP contribution in [-0.4, -0.2) is 23.1 Å². The van der Waals surface area contributed by atoms with Crippen LogP contribution in [-0.2, 0) is 6.42 Å². The van der Waals surface area contributed by atoms with Crippen LogP contribution in [0.3, 0.4) is 0 Å². The third kappa shape index (κ3) is 4.24. The minimum Gasteiger partial charge on any atom is -0.360 e. The summed E-state index contributed by atoms with van der Waals surface area (Å²) >= 11 is 0. The van der Waals surface area contributed by atoms with E-state index in [1.807, 2.05) is 78.9 Å². The second-order valence-electron chi connectivity index (χ2n) is 7.41. The molecule has 4 heteroatoms. The number of hydrogen-bond donors (Lipinski definition) is 2. The van der Waals surface area contributed by atoms with E-state index in [0.29, 0.717) is 17.7 Å². The van der Waals surface area contributed by atoms with Gasteiger partial charge >= 0.3 is 0 Å². The highest BCUT2D eigenvalue weighted by Gasteiger charge is 2.23. The first-order chi connectivity index (χ1) is 14.6. The van der Waals surface area contributed by atoms with Gasteiger partial charge in [-0.1, -0.05) is 72.8 Å². The Kier molecular flexibility index (Phi) is 5.87. The van der Waals surface area contributed by atoms with E-state index in [1.54, 1.807) is 13.1 Å². The minimum absolute atomic E-state index is 0.0468. The van der Waals surface area contributed by atoms with Gasteiger partial charge in [-0.05, 0) is 30.5 Å². The number of Topliss-reactive ketones (excluding diaryl/α,β-unsaturated/α-hetero) is 2. The van der Waals surface area contributed by atoms with E-state index in [-0.39, 0.29) is 11.6 Å². The minimum atomic E-state index is -0.429. The number of H-pyrrole nitrogens is 1. The average Bonchev–Trinajstić information content (AvgIpc) is 3.21. The fraction of sp³-hybridized carbons (Fsp3) is 0.154. The van der Waals surface area contributed by atoms with Crippen LogP contribution in [0.25, 0.3) is 10.9 Å². The zero-order valence-electron chi connectivity index (χ0n) is 16.9. The predicted octanol–water partition coefficient (Wildman–Crippen LogP) is 5.13. The van der Waals surface area contributed by atoms with Gasteiger partial charge in [0, 0.05) is 34.8 Å². The van der Waals surface area contributed by atoms with Gasteiger partial charge in [-0.2, -0.15) is 0 Å². The number of hydrogen-bond acceptors (Lipinski definition) is 3.